The molecule has 1 N–H and O–H groups in total. The van der Waals surface area contributed by atoms with Crippen molar-refractivity contribution in [2.75, 3.05) is 18.5 Å². The smallest absolute Gasteiger partial charge is 0.255 e. The van der Waals surface area contributed by atoms with Crippen LogP contribution in [0.25, 0.3) is 0 Å². The van der Waals surface area contributed by atoms with Crippen molar-refractivity contribution in [2.24, 2.45) is 0 Å². The van der Waals surface area contributed by atoms with Crippen LogP contribution >= 0.6 is 0 Å². The Balaban J connectivity index is 1.45. The summed E-state index contributed by atoms with van der Waals surface area (Å²) in [6.45, 7) is 6.14. The van der Waals surface area contributed by atoms with E-state index in [1.165, 1.54) is 11.1 Å². The van der Waals surface area contributed by atoms with Crippen molar-refractivity contribution in [1.82, 2.24) is 4.90 Å². The number of anilines is 1. The maximum atomic E-state index is 13.8. The number of aryl methyl sites for hydroxylation is 2. The molecule has 31 heavy (non-hydrogen) atoms. The lowest BCUT2D eigenvalue weighted by atomic mass is 9.79. The molecule has 0 aromatic heterocycles. The standard InChI is InChI=1S/C26H30N2O3/c1-17-7-6-8-21-23(17)14-28(24(21)29)26(11-4-3-5-12-26)25(30)27-20-10-9-18(2)22(13-20)19-15-31-16-19/h6-10,13,19H,3-5,11-12,14-16H2,1-2H3,(H,27,30). The van der Waals surface area contributed by atoms with Gasteiger partial charge < -0.3 is 15.0 Å². The van der Waals surface area contributed by atoms with Crippen LogP contribution in [-0.2, 0) is 16.1 Å². The topological polar surface area (TPSA) is 58.6 Å². The number of ether oxygens (including phenoxy) is 1. The van der Waals surface area contributed by atoms with E-state index in [0.29, 0.717) is 25.3 Å². The van der Waals surface area contributed by atoms with Crippen molar-refractivity contribution in [3.05, 3.63) is 64.2 Å². The van der Waals surface area contributed by atoms with E-state index in [2.05, 4.69) is 24.4 Å². The zero-order valence-electron chi connectivity index (χ0n) is 18.4. The predicted octanol–water partition coefficient (Wildman–Crippen LogP) is 4.71. The van der Waals surface area contributed by atoms with Gasteiger partial charge in [-0.1, -0.05) is 37.5 Å². The minimum atomic E-state index is -0.786. The Labute approximate surface area is 183 Å². The van der Waals surface area contributed by atoms with E-state index in [0.717, 1.165) is 54.9 Å². The van der Waals surface area contributed by atoms with Crippen LogP contribution in [0.5, 0.6) is 0 Å². The average Bonchev–Trinajstić information content (AvgIpc) is 3.08. The minimum absolute atomic E-state index is 0.00744. The van der Waals surface area contributed by atoms with Crippen LogP contribution in [-0.4, -0.2) is 35.5 Å². The molecular weight excluding hydrogens is 388 g/mol. The Morgan fingerprint density at radius 1 is 1.06 bits per heavy atom. The van der Waals surface area contributed by atoms with Crippen LogP contribution < -0.4 is 5.32 Å². The molecule has 3 aliphatic rings. The fourth-order valence-electron chi connectivity index (χ4n) is 5.41. The number of benzene rings is 2. The van der Waals surface area contributed by atoms with Gasteiger partial charge in [0.05, 0.1) is 13.2 Å². The van der Waals surface area contributed by atoms with Gasteiger partial charge in [-0.15, -0.1) is 0 Å². The summed E-state index contributed by atoms with van der Waals surface area (Å²) in [5, 5.41) is 3.19. The molecule has 1 saturated carbocycles. The first-order chi connectivity index (χ1) is 15.0. The van der Waals surface area contributed by atoms with E-state index in [4.69, 9.17) is 4.74 Å². The van der Waals surface area contributed by atoms with Crippen molar-refractivity contribution in [1.29, 1.82) is 0 Å². The number of nitrogens with one attached hydrogen (secondary N) is 1. The summed E-state index contributed by atoms with van der Waals surface area (Å²) in [6.07, 6.45) is 4.47. The summed E-state index contributed by atoms with van der Waals surface area (Å²) in [6, 6.07) is 12.0. The number of fused-ring (bicyclic) bond motifs is 1. The normalized spacial score (nSPS) is 20.3. The molecule has 2 amide bonds. The SMILES string of the molecule is Cc1ccc(NC(=O)C2(N3Cc4c(C)cccc4C3=O)CCCCC2)cc1C1COC1. The van der Waals surface area contributed by atoms with E-state index in [1.807, 2.05) is 36.1 Å². The second-order valence-corrected chi connectivity index (χ2v) is 9.34. The van der Waals surface area contributed by atoms with Gasteiger partial charge in [0.2, 0.25) is 5.91 Å². The van der Waals surface area contributed by atoms with Crippen LogP contribution in [0.2, 0.25) is 0 Å². The molecular formula is C26H30N2O3. The first kappa shape index (κ1) is 20.3. The first-order valence-electron chi connectivity index (χ1n) is 11.4. The third-order valence-electron chi connectivity index (χ3n) is 7.44. The van der Waals surface area contributed by atoms with Crippen LogP contribution in [0, 0.1) is 13.8 Å². The van der Waals surface area contributed by atoms with Gasteiger partial charge >= 0.3 is 0 Å². The van der Waals surface area contributed by atoms with E-state index >= 15 is 0 Å². The van der Waals surface area contributed by atoms with Crippen molar-refractivity contribution in [2.45, 2.75) is 64.0 Å². The molecule has 1 aliphatic carbocycles. The predicted molar refractivity (Wildman–Crippen MR) is 120 cm³/mol. The second-order valence-electron chi connectivity index (χ2n) is 9.34. The van der Waals surface area contributed by atoms with Gasteiger partial charge in [0.1, 0.15) is 5.54 Å². The molecule has 0 unspecified atom stereocenters. The Morgan fingerprint density at radius 3 is 2.52 bits per heavy atom. The summed E-state index contributed by atoms with van der Waals surface area (Å²) < 4.78 is 5.36. The highest BCUT2D eigenvalue weighted by Crippen LogP contribution is 2.41. The highest BCUT2D eigenvalue weighted by Gasteiger charge is 2.49. The minimum Gasteiger partial charge on any atom is -0.380 e. The molecule has 2 aromatic rings. The van der Waals surface area contributed by atoms with E-state index < -0.39 is 5.54 Å². The van der Waals surface area contributed by atoms with Gasteiger partial charge in [-0.3, -0.25) is 9.59 Å². The summed E-state index contributed by atoms with van der Waals surface area (Å²) in [5.74, 6) is 0.343. The number of carbonyl (C=O) groups excluding carboxylic acids is 2. The van der Waals surface area contributed by atoms with Gasteiger partial charge in [-0.25, -0.2) is 0 Å². The molecule has 2 aromatic carbocycles. The maximum absolute atomic E-state index is 13.8. The Kier molecular flexibility index (Phi) is 5.09. The van der Waals surface area contributed by atoms with Crippen molar-refractivity contribution < 1.29 is 14.3 Å². The van der Waals surface area contributed by atoms with Crippen molar-refractivity contribution in [3.63, 3.8) is 0 Å². The molecule has 5 nitrogen and oxygen atoms in total. The molecule has 0 radical (unpaired) electrons. The largest absolute Gasteiger partial charge is 0.380 e. The van der Waals surface area contributed by atoms with Crippen LogP contribution in [0.4, 0.5) is 5.69 Å². The van der Waals surface area contributed by atoms with Crippen LogP contribution in [0.1, 0.15) is 70.6 Å². The molecule has 0 spiro atoms. The van der Waals surface area contributed by atoms with E-state index in [9.17, 15) is 9.59 Å². The fraction of sp³-hybridized carbons (Fsp3) is 0.462. The monoisotopic (exact) mass is 418 g/mol. The molecule has 2 fully saturated rings. The van der Waals surface area contributed by atoms with E-state index in [-0.39, 0.29) is 11.8 Å². The maximum Gasteiger partial charge on any atom is 0.255 e. The number of amides is 2. The zero-order chi connectivity index (χ0) is 21.6. The number of rotatable bonds is 4. The van der Waals surface area contributed by atoms with E-state index in [1.54, 1.807) is 0 Å². The summed E-state index contributed by atoms with van der Waals surface area (Å²) >= 11 is 0. The summed E-state index contributed by atoms with van der Waals surface area (Å²) in [5.41, 5.74) is 5.41. The number of carbonyl (C=O) groups is 2. The number of nitrogens with zero attached hydrogens (tertiary/aromatic N) is 1. The molecule has 2 heterocycles. The van der Waals surface area contributed by atoms with Crippen LogP contribution in [0.15, 0.2) is 36.4 Å². The third kappa shape index (κ3) is 3.35. The summed E-state index contributed by atoms with van der Waals surface area (Å²) in [7, 11) is 0. The molecule has 5 heteroatoms. The molecule has 0 bridgehead atoms. The van der Waals surface area contributed by atoms with Gasteiger partial charge in [0, 0.05) is 23.7 Å². The van der Waals surface area contributed by atoms with Crippen LogP contribution in [0.3, 0.4) is 0 Å². The van der Waals surface area contributed by atoms with Gasteiger partial charge in [-0.2, -0.15) is 0 Å². The third-order valence-corrected chi connectivity index (χ3v) is 7.44. The highest BCUT2D eigenvalue weighted by atomic mass is 16.5. The molecule has 2 aliphatic heterocycles. The number of hydrogen-bond acceptors (Lipinski definition) is 3. The van der Waals surface area contributed by atoms with Gasteiger partial charge in [0.25, 0.3) is 5.91 Å². The zero-order valence-corrected chi connectivity index (χ0v) is 18.4. The number of hydrogen-bond donors (Lipinski definition) is 1. The lowest BCUT2D eigenvalue weighted by Crippen LogP contribution is -2.58. The summed E-state index contributed by atoms with van der Waals surface area (Å²) in [4.78, 5) is 29.0. The molecule has 0 atom stereocenters. The Morgan fingerprint density at radius 2 is 1.84 bits per heavy atom. The highest BCUT2D eigenvalue weighted by molar-refractivity contribution is 6.06. The molecule has 5 rings (SSSR count). The Bertz CT molecular complexity index is 1030. The van der Waals surface area contributed by atoms with Gasteiger partial charge in [-0.05, 0) is 67.1 Å². The second kappa shape index (κ2) is 7.79. The quantitative estimate of drug-likeness (QED) is 0.782. The molecule has 1 saturated heterocycles. The lowest BCUT2D eigenvalue weighted by Gasteiger charge is -2.43. The average molecular weight is 419 g/mol. The van der Waals surface area contributed by atoms with Crippen molar-refractivity contribution in [3.8, 4) is 0 Å². The van der Waals surface area contributed by atoms with Gasteiger partial charge in [0.15, 0.2) is 0 Å². The molecule has 162 valence electrons. The fourth-order valence-corrected chi connectivity index (χ4v) is 5.41. The lowest BCUT2D eigenvalue weighted by molar-refractivity contribution is -0.129. The Hall–Kier alpha value is -2.66. The van der Waals surface area contributed by atoms with Crippen molar-refractivity contribution >= 4 is 17.5 Å². The first-order valence-corrected chi connectivity index (χ1v) is 11.4.